The molecule has 0 fully saturated rings. The molecule has 3 nitrogen and oxygen atoms in total. The number of nitrogens with two attached hydrogens (primary N) is 1. The van der Waals surface area contributed by atoms with Crippen molar-refractivity contribution in [1.82, 2.24) is 0 Å². The zero-order valence-corrected chi connectivity index (χ0v) is 9.81. The first-order chi connectivity index (χ1) is 8.38. The van der Waals surface area contributed by atoms with Crippen LogP contribution in [0.25, 0.3) is 0 Å². The molecule has 0 spiro atoms. The summed E-state index contributed by atoms with van der Waals surface area (Å²) >= 11 is 0. The second-order valence-electron chi connectivity index (χ2n) is 3.58. The smallest absolute Gasteiger partial charge is 0.289 e. The first kappa shape index (κ1) is 15.6. The number of carbonyl (C=O) groups is 1. The van der Waals surface area contributed by atoms with Gasteiger partial charge in [-0.25, -0.2) is 0 Å². The summed E-state index contributed by atoms with van der Waals surface area (Å²) in [6.45, 7) is 0. The molecule has 0 saturated carbocycles. The average molecular weight is 307 g/mol. The fraction of sp³-hybridized carbons (Fsp3) is 0.222. The zero-order valence-electron chi connectivity index (χ0n) is 8.92. The molecule has 0 bridgehead atoms. The van der Waals surface area contributed by atoms with E-state index in [0.29, 0.717) is 0 Å². The van der Waals surface area contributed by atoms with Crippen molar-refractivity contribution in [3.8, 4) is 0 Å². The van der Waals surface area contributed by atoms with Crippen LogP contribution in [0.4, 0.5) is 26.3 Å². The third-order valence-electron chi connectivity index (χ3n) is 2.13. The summed E-state index contributed by atoms with van der Waals surface area (Å²) in [5, 5.41) is 4.91. The summed E-state index contributed by atoms with van der Waals surface area (Å²) in [6.07, 6.45) is -10.2. The molecule has 0 aromatic heterocycles. The fourth-order valence-corrected chi connectivity index (χ4v) is 2.00. The maximum absolute atomic E-state index is 12.4. The van der Waals surface area contributed by atoms with Gasteiger partial charge in [-0.1, -0.05) is 0 Å². The molecule has 19 heavy (non-hydrogen) atoms. The van der Waals surface area contributed by atoms with Gasteiger partial charge in [0.15, 0.2) is 5.62 Å². The minimum Gasteiger partial charge on any atom is -0.289 e. The Hall–Kier alpha value is -1.42. The molecule has 0 saturated heterocycles. The van der Waals surface area contributed by atoms with Crippen molar-refractivity contribution in [2.75, 3.05) is 0 Å². The number of hydrogen-bond acceptors (Lipinski definition) is 2. The van der Waals surface area contributed by atoms with Crippen molar-refractivity contribution in [3.63, 3.8) is 0 Å². The van der Waals surface area contributed by atoms with Crippen LogP contribution in [0.2, 0.25) is 0 Å². The first-order valence-electron chi connectivity index (χ1n) is 4.52. The van der Waals surface area contributed by atoms with E-state index in [1.807, 2.05) is 0 Å². The Labute approximate surface area is 103 Å². The lowest BCUT2D eigenvalue weighted by Crippen LogP contribution is -2.25. The summed E-state index contributed by atoms with van der Waals surface area (Å²) in [7, 11) is -4.40. The van der Waals surface area contributed by atoms with Gasteiger partial charge in [-0.15, -0.1) is 0 Å². The van der Waals surface area contributed by atoms with E-state index in [1.54, 1.807) is 0 Å². The molecule has 0 aliphatic carbocycles. The summed E-state index contributed by atoms with van der Waals surface area (Å²) in [5.41, 5.74) is -3.71. The molecule has 0 radical (unpaired) electrons. The van der Waals surface area contributed by atoms with Crippen LogP contribution < -0.4 is 5.14 Å². The highest BCUT2D eigenvalue weighted by molar-refractivity contribution is 8.13. The molecule has 1 aromatic rings. The van der Waals surface area contributed by atoms with Gasteiger partial charge in [0.1, 0.15) is 0 Å². The second kappa shape index (κ2) is 4.60. The van der Waals surface area contributed by atoms with E-state index in [-0.39, 0.29) is 23.8 Å². The lowest BCUT2D eigenvalue weighted by Gasteiger charge is -2.17. The van der Waals surface area contributed by atoms with Crippen LogP contribution in [0.1, 0.15) is 11.1 Å². The third-order valence-corrected chi connectivity index (χ3v) is 3.51. The van der Waals surface area contributed by atoms with E-state index in [1.165, 1.54) is 0 Å². The molecular weight excluding hydrogens is 300 g/mol. The van der Waals surface area contributed by atoms with Gasteiger partial charge in [0.2, 0.25) is 0 Å². The molecule has 0 amide bonds. The van der Waals surface area contributed by atoms with Gasteiger partial charge in [0.05, 0.1) is 11.1 Å². The molecule has 0 aliphatic rings. The molecule has 1 aromatic carbocycles. The number of alkyl halides is 6. The van der Waals surface area contributed by atoms with E-state index >= 15 is 0 Å². The normalized spacial score (nSPS) is 14.3. The van der Waals surface area contributed by atoms with Crippen LogP contribution >= 0.6 is 0 Å². The Balaban J connectivity index is 3.60. The summed E-state index contributed by atoms with van der Waals surface area (Å²) in [6, 6.07) is 0.198. The number of rotatable bonds is 2. The summed E-state index contributed by atoms with van der Waals surface area (Å²) < 4.78 is 86.1. The van der Waals surface area contributed by atoms with Gasteiger partial charge in [-0.3, -0.25) is 14.1 Å². The second-order valence-corrected chi connectivity index (χ2v) is 5.72. The van der Waals surface area contributed by atoms with E-state index in [4.69, 9.17) is 5.14 Å². The third kappa shape index (κ3) is 3.53. The monoisotopic (exact) mass is 307 g/mol. The van der Waals surface area contributed by atoms with Crippen molar-refractivity contribution in [3.05, 3.63) is 29.3 Å². The minimum absolute atomic E-state index is 0.145. The summed E-state index contributed by atoms with van der Waals surface area (Å²) in [5.74, 6) is 0. The number of thiol groups is 1. The first-order valence-corrected chi connectivity index (χ1v) is 6.37. The quantitative estimate of drug-likeness (QED) is 0.500. The molecule has 1 rings (SSSR count). The highest BCUT2D eigenvalue weighted by atomic mass is 32.3. The van der Waals surface area contributed by atoms with Crippen LogP contribution in [-0.2, 0) is 27.3 Å². The standard InChI is InChI=1S/C9H7F6NO2S/c10-8(11,12)5-1-6(9(13,14)15)3-7(2-5)19(16,18)4-17/h1-4,19H,(H2,16,18). The molecule has 0 atom stereocenters. The van der Waals surface area contributed by atoms with E-state index < -0.39 is 38.5 Å². The molecule has 0 heterocycles. The van der Waals surface area contributed by atoms with Gasteiger partial charge < -0.3 is 0 Å². The predicted molar refractivity (Wildman–Crippen MR) is 55.2 cm³/mol. The Morgan fingerprint density at radius 1 is 0.947 bits per heavy atom. The van der Waals surface area contributed by atoms with Gasteiger partial charge in [0.25, 0.3) is 0 Å². The molecule has 0 unspecified atom stereocenters. The van der Waals surface area contributed by atoms with Crippen molar-refractivity contribution >= 4 is 15.7 Å². The van der Waals surface area contributed by atoms with E-state index in [0.717, 1.165) is 0 Å². The summed E-state index contributed by atoms with van der Waals surface area (Å²) in [4.78, 5) is 9.40. The zero-order chi connectivity index (χ0) is 15.1. The Morgan fingerprint density at radius 3 is 1.58 bits per heavy atom. The van der Waals surface area contributed by atoms with E-state index in [9.17, 15) is 35.3 Å². The van der Waals surface area contributed by atoms with Crippen LogP contribution in [0.15, 0.2) is 23.1 Å². The predicted octanol–water partition coefficient (Wildman–Crippen LogP) is 2.16. The van der Waals surface area contributed by atoms with Gasteiger partial charge in [0, 0.05) is 15.0 Å². The van der Waals surface area contributed by atoms with Gasteiger partial charge >= 0.3 is 12.4 Å². The molecule has 0 aliphatic heterocycles. The number of halogens is 6. The van der Waals surface area contributed by atoms with Gasteiger partial charge in [-0.2, -0.15) is 26.3 Å². The van der Waals surface area contributed by atoms with Crippen LogP contribution in [0.3, 0.4) is 0 Å². The van der Waals surface area contributed by atoms with Crippen LogP contribution in [0, 0.1) is 0 Å². The fourth-order valence-electron chi connectivity index (χ4n) is 1.20. The van der Waals surface area contributed by atoms with E-state index in [2.05, 4.69) is 0 Å². The molecule has 2 N–H and O–H groups in total. The Bertz CT molecular complexity index is 518. The number of hydrogen-bond donors (Lipinski definition) is 2. The minimum atomic E-state index is -5.08. The maximum atomic E-state index is 12.4. The lowest BCUT2D eigenvalue weighted by molar-refractivity contribution is -0.143. The molecular formula is C9H7F6NO2S. The maximum Gasteiger partial charge on any atom is 0.416 e. The number of benzene rings is 1. The van der Waals surface area contributed by atoms with Crippen molar-refractivity contribution in [2.24, 2.45) is 5.14 Å². The topological polar surface area (TPSA) is 60.2 Å². The van der Waals surface area contributed by atoms with Crippen LogP contribution in [-0.4, -0.2) is 9.83 Å². The largest absolute Gasteiger partial charge is 0.416 e. The lowest BCUT2D eigenvalue weighted by atomic mass is 10.1. The highest BCUT2D eigenvalue weighted by Crippen LogP contribution is 2.37. The van der Waals surface area contributed by atoms with Crippen molar-refractivity contribution < 1.29 is 35.3 Å². The SMILES string of the molecule is N[SH](=O)(C=O)c1cc(C(F)(F)F)cc(C(F)(F)F)c1. The van der Waals surface area contributed by atoms with Crippen molar-refractivity contribution in [2.45, 2.75) is 17.2 Å². The van der Waals surface area contributed by atoms with Gasteiger partial charge in [-0.05, 0) is 18.2 Å². The Morgan fingerprint density at radius 2 is 1.32 bits per heavy atom. The number of carbonyl (C=O) groups excluding carboxylic acids is 1. The molecule has 10 heteroatoms. The Kier molecular flexibility index (Phi) is 3.79. The van der Waals surface area contributed by atoms with Crippen LogP contribution in [0.5, 0.6) is 0 Å². The molecule has 108 valence electrons. The highest BCUT2D eigenvalue weighted by Gasteiger charge is 2.37. The van der Waals surface area contributed by atoms with Crippen molar-refractivity contribution in [1.29, 1.82) is 0 Å². The average Bonchev–Trinajstić information content (AvgIpc) is 2.26.